The van der Waals surface area contributed by atoms with E-state index in [9.17, 15) is 13.5 Å². The fourth-order valence-electron chi connectivity index (χ4n) is 5.55. The van der Waals surface area contributed by atoms with Crippen molar-refractivity contribution in [2.45, 2.75) is 35.9 Å². The van der Waals surface area contributed by atoms with E-state index in [1.165, 1.54) is 6.33 Å². The molecule has 1 N–H and O–H groups in total. The highest BCUT2D eigenvalue weighted by Crippen LogP contribution is 2.43. The number of fused-ring (bicyclic) bond motifs is 1. The highest BCUT2D eigenvalue weighted by atomic mass is 32.2. The molecule has 0 amide bonds. The second kappa shape index (κ2) is 9.73. The highest BCUT2D eigenvalue weighted by molar-refractivity contribution is 7.89. The third-order valence-corrected chi connectivity index (χ3v) is 9.08. The van der Waals surface area contributed by atoms with Gasteiger partial charge in [-0.25, -0.2) is 13.4 Å². The number of hydrogen-bond acceptors (Lipinski definition) is 6. The summed E-state index contributed by atoms with van der Waals surface area (Å²) in [6.07, 6.45) is 4.74. The number of aryl methyl sites for hydroxylation is 1. The molecule has 1 aromatic heterocycles. The normalized spacial score (nSPS) is 23.7. The SMILES string of the molecule is COc1ccccc1-c1ccc([C@H]2[C@@H](CO)N3CCCCN(S(=O)(=O)c4cn(C)cn4)C[C@@H]23)cc1. The quantitative estimate of drug-likeness (QED) is 0.565. The molecular weight excluding hydrogens is 464 g/mol. The van der Waals surface area contributed by atoms with E-state index in [1.54, 1.807) is 29.2 Å². The van der Waals surface area contributed by atoms with Gasteiger partial charge in [-0.15, -0.1) is 0 Å². The maximum atomic E-state index is 13.4. The summed E-state index contributed by atoms with van der Waals surface area (Å²) < 4.78 is 35.5. The van der Waals surface area contributed by atoms with Crippen LogP contribution in [0.15, 0.2) is 66.1 Å². The number of aliphatic hydroxyl groups is 1. The van der Waals surface area contributed by atoms with Crippen molar-refractivity contribution in [2.24, 2.45) is 7.05 Å². The van der Waals surface area contributed by atoms with Crippen molar-refractivity contribution in [3.8, 4) is 16.9 Å². The number of benzene rings is 2. The first-order chi connectivity index (χ1) is 16.9. The molecule has 3 heterocycles. The minimum absolute atomic E-state index is 0.00282. The molecule has 2 aliphatic heterocycles. The molecule has 2 aliphatic rings. The van der Waals surface area contributed by atoms with Crippen LogP contribution in [0.4, 0.5) is 0 Å². The number of imidazole rings is 1. The number of ether oxygens (including phenoxy) is 1. The van der Waals surface area contributed by atoms with Crippen LogP contribution < -0.4 is 4.74 Å². The molecule has 0 bridgehead atoms. The summed E-state index contributed by atoms with van der Waals surface area (Å²) in [5.41, 5.74) is 3.19. The molecule has 0 saturated carbocycles. The third-order valence-electron chi connectivity index (χ3n) is 7.33. The molecule has 5 rings (SSSR count). The molecule has 0 spiro atoms. The molecule has 35 heavy (non-hydrogen) atoms. The van der Waals surface area contributed by atoms with Gasteiger partial charge in [-0.3, -0.25) is 4.90 Å². The van der Waals surface area contributed by atoms with Crippen molar-refractivity contribution in [3.63, 3.8) is 0 Å². The lowest BCUT2D eigenvalue weighted by atomic mass is 9.74. The molecule has 3 atom stereocenters. The second-order valence-electron chi connectivity index (χ2n) is 9.35. The van der Waals surface area contributed by atoms with E-state index in [2.05, 4.69) is 34.1 Å². The van der Waals surface area contributed by atoms with Gasteiger partial charge in [0.05, 0.1) is 20.0 Å². The van der Waals surface area contributed by atoms with Gasteiger partial charge in [-0.1, -0.05) is 42.5 Å². The Balaban J connectivity index is 1.43. The lowest BCUT2D eigenvalue weighted by Crippen LogP contribution is -2.67. The Morgan fingerprint density at radius 2 is 1.83 bits per heavy atom. The number of sulfonamides is 1. The van der Waals surface area contributed by atoms with Crippen LogP contribution in [0.2, 0.25) is 0 Å². The van der Waals surface area contributed by atoms with E-state index in [0.29, 0.717) is 13.1 Å². The molecule has 0 unspecified atom stereocenters. The van der Waals surface area contributed by atoms with Crippen LogP contribution in [0.25, 0.3) is 11.1 Å². The molecule has 8 nitrogen and oxygen atoms in total. The first kappa shape index (κ1) is 24.0. The second-order valence-corrected chi connectivity index (χ2v) is 11.2. The minimum atomic E-state index is -3.69. The van der Waals surface area contributed by atoms with Gasteiger partial charge >= 0.3 is 0 Å². The van der Waals surface area contributed by atoms with Crippen molar-refractivity contribution in [2.75, 3.05) is 33.4 Å². The predicted molar refractivity (Wildman–Crippen MR) is 134 cm³/mol. The zero-order valence-electron chi connectivity index (χ0n) is 20.1. The van der Waals surface area contributed by atoms with Gasteiger partial charge in [-0.05, 0) is 36.6 Å². The number of methoxy groups -OCH3 is 1. The molecule has 0 aliphatic carbocycles. The standard InChI is InChI=1S/C26H32N4O4S/c1-28-16-25(27-18-28)35(32,33)29-13-5-6-14-30-22(15-29)26(23(30)17-31)20-11-9-19(10-12-20)21-7-3-4-8-24(21)34-2/h3-4,7-12,16,18,22-23,26,31H,5-6,13-15,17H2,1-2H3/t22-,23+,26+/m0/s1. The molecule has 3 aromatic rings. The van der Waals surface area contributed by atoms with E-state index < -0.39 is 10.0 Å². The molecule has 186 valence electrons. The van der Waals surface area contributed by atoms with Crippen molar-refractivity contribution >= 4 is 10.0 Å². The largest absolute Gasteiger partial charge is 0.496 e. The molecule has 2 saturated heterocycles. The van der Waals surface area contributed by atoms with Gasteiger partial charge in [-0.2, -0.15) is 4.31 Å². The number of rotatable bonds is 6. The maximum Gasteiger partial charge on any atom is 0.262 e. The minimum Gasteiger partial charge on any atom is -0.496 e. The zero-order chi connectivity index (χ0) is 24.6. The van der Waals surface area contributed by atoms with Crippen LogP contribution >= 0.6 is 0 Å². The summed E-state index contributed by atoms with van der Waals surface area (Å²) in [4.78, 5) is 6.39. The lowest BCUT2D eigenvalue weighted by molar-refractivity contribution is -0.0554. The van der Waals surface area contributed by atoms with E-state index in [1.807, 2.05) is 24.3 Å². The highest BCUT2D eigenvalue weighted by Gasteiger charge is 2.50. The van der Waals surface area contributed by atoms with Crippen molar-refractivity contribution in [3.05, 3.63) is 66.6 Å². The Hall–Kier alpha value is -2.72. The van der Waals surface area contributed by atoms with Crippen molar-refractivity contribution in [1.82, 2.24) is 18.8 Å². The fourth-order valence-corrected chi connectivity index (χ4v) is 7.01. The summed E-state index contributed by atoms with van der Waals surface area (Å²) in [6.45, 7) is 1.77. The van der Waals surface area contributed by atoms with Crippen LogP contribution in [0.1, 0.15) is 24.3 Å². The van der Waals surface area contributed by atoms with Gasteiger partial charge in [0, 0.05) is 49.9 Å². The molecular formula is C26H32N4O4S. The number of aromatic nitrogens is 2. The molecule has 9 heteroatoms. The Morgan fingerprint density at radius 3 is 2.51 bits per heavy atom. The fraction of sp³-hybridized carbons (Fsp3) is 0.423. The Kier molecular flexibility index (Phi) is 6.67. The smallest absolute Gasteiger partial charge is 0.262 e. The number of hydrogen-bond donors (Lipinski definition) is 1. The summed E-state index contributed by atoms with van der Waals surface area (Å²) in [5, 5.41) is 10.3. The van der Waals surface area contributed by atoms with Crippen molar-refractivity contribution < 1.29 is 18.3 Å². The number of para-hydroxylation sites is 1. The summed E-state index contributed by atoms with van der Waals surface area (Å²) >= 11 is 0. The first-order valence-corrected chi connectivity index (χ1v) is 13.5. The van der Waals surface area contributed by atoms with Crippen LogP contribution in [-0.2, 0) is 17.1 Å². The van der Waals surface area contributed by atoms with Gasteiger partial charge in [0.25, 0.3) is 10.0 Å². The maximum absolute atomic E-state index is 13.4. The Labute approximate surface area is 206 Å². The van der Waals surface area contributed by atoms with E-state index in [0.717, 1.165) is 41.8 Å². The van der Waals surface area contributed by atoms with Crippen LogP contribution in [0, 0.1) is 0 Å². The average Bonchev–Trinajstić information content (AvgIpc) is 3.30. The lowest BCUT2D eigenvalue weighted by Gasteiger charge is -2.57. The third kappa shape index (κ3) is 4.38. The van der Waals surface area contributed by atoms with Gasteiger partial charge in [0.1, 0.15) is 5.75 Å². The van der Waals surface area contributed by atoms with E-state index in [-0.39, 0.29) is 29.6 Å². The molecule has 2 aromatic carbocycles. The van der Waals surface area contributed by atoms with Crippen LogP contribution in [0.5, 0.6) is 5.75 Å². The number of nitrogens with zero attached hydrogens (tertiary/aromatic N) is 4. The summed E-state index contributed by atoms with van der Waals surface area (Å²) in [5.74, 6) is 0.866. The van der Waals surface area contributed by atoms with Gasteiger partial charge in [0.15, 0.2) is 5.03 Å². The van der Waals surface area contributed by atoms with E-state index >= 15 is 0 Å². The van der Waals surface area contributed by atoms with Crippen molar-refractivity contribution in [1.29, 1.82) is 0 Å². The summed E-state index contributed by atoms with van der Waals surface area (Å²) in [7, 11) is -0.250. The Morgan fingerprint density at radius 1 is 1.09 bits per heavy atom. The number of aliphatic hydroxyl groups excluding tert-OH is 1. The van der Waals surface area contributed by atoms with Crippen LogP contribution in [0.3, 0.4) is 0 Å². The van der Waals surface area contributed by atoms with Gasteiger partial charge < -0.3 is 14.4 Å². The monoisotopic (exact) mass is 496 g/mol. The zero-order valence-corrected chi connectivity index (χ0v) is 20.9. The Bertz CT molecular complexity index is 1270. The molecule has 2 fully saturated rings. The average molecular weight is 497 g/mol. The topological polar surface area (TPSA) is 87.9 Å². The predicted octanol–water partition coefficient (Wildman–Crippen LogP) is 2.71. The molecule has 0 radical (unpaired) electrons. The van der Waals surface area contributed by atoms with Gasteiger partial charge in [0.2, 0.25) is 0 Å². The first-order valence-electron chi connectivity index (χ1n) is 12.0. The summed E-state index contributed by atoms with van der Waals surface area (Å²) in [6, 6.07) is 16.3. The van der Waals surface area contributed by atoms with E-state index in [4.69, 9.17) is 4.74 Å². The van der Waals surface area contributed by atoms with Crippen LogP contribution in [-0.4, -0.2) is 77.7 Å².